The highest BCUT2D eigenvalue weighted by atomic mass is 32.2. The van der Waals surface area contributed by atoms with Gasteiger partial charge < -0.3 is 19.8 Å². The molecule has 3 aliphatic rings. The number of fused-ring (bicyclic) bond motifs is 1. The van der Waals surface area contributed by atoms with Crippen LogP contribution in [0.15, 0.2) is 86.0 Å². The molecule has 222 valence electrons. The van der Waals surface area contributed by atoms with Crippen LogP contribution in [0.25, 0.3) is 0 Å². The number of amides is 3. The maximum atomic E-state index is 14.7. The van der Waals surface area contributed by atoms with E-state index in [0.717, 1.165) is 17.7 Å². The molecule has 2 aromatic rings. The molecule has 6 atom stereocenters. The summed E-state index contributed by atoms with van der Waals surface area (Å²) in [5.41, 5.74) is 0.982. The van der Waals surface area contributed by atoms with Gasteiger partial charge in [-0.1, -0.05) is 60.7 Å². The first-order chi connectivity index (χ1) is 20.1. The van der Waals surface area contributed by atoms with Crippen LogP contribution < -0.4 is 4.90 Å². The fourth-order valence-corrected chi connectivity index (χ4v) is 9.42. The molecule has 1 N–H and O–H groups in total. The van der Waals surface area contributed by atoms with Crippen molar-refractivity contribution in [3.8, 4) is 0 Å². The minimum absolute atomic E-state index is 0.0771. The van der Waals surface area contributed by atoms with Gasteiger partial charge in [-0.15, -0.1) is 24.9 Å². The van der Waals surface area contributed by atoms with Crippen LogP contribution in [0.5, 0.6) is 0 Å². The largest absolute Gasteiger partial charge is 0.394 e. The number of aliphatic hydroxyl groups excluding tert-OH is 1. The Morgan fingerprint density at radius 1 is 1.05 bits per heavy atom. The molecule has 2 bridgehead atoms. The fraction of sp³-hybridized carbons (Fsp3) is 0.441. The highest BCUT2D eigenvalue weighted by molar-refractivity contribution is 8.02. The van der Waals surface area contributed by atoms with Gasteiger partial charge >= 0.3 is 0 Å². The standard InChI is InChI=1S/C34H41N3O4S/c1-6-20-35(24-16-12-9-13-17-24)30(39)27-26-18-19-34(42-26)28(27)31(40)37(25(22-38)23-14-10-8-11-15-23)29(34)32(41)36(21-7-2)33(3,4)5/h6-17,25-29,38H,1-2,18-22H2,3-5H3/t25-,26-,27+,28+,29?,34?/m1/s1. The number of carbonyl (C=O) groups is 3. The number of carbonyl (C=O) groups excluding carboxylic acids is 3. The highest BCUT2D eigenvalue weighted by Gasteiger charge is 2.75. The second-order valence-electron chi connectivity index (χ2n) is 12.4. The molecule has 2 aromatic carbocycles. The van der Waals surface area contributed by atoms with Crippen molar-refractivity contribution < 1.29 is 19.5 Å². The van der Waals surface area contributed by atoms with E-state index in [9.17, 15) is 19.5 Å². The number of rotatable bonds is 10. The second kappa shape index (κ2) is 11.7. The average Bonchev–Trinajstić information content (AvgIpc) is 3.62. The number of nitrogens with zero attached hydrogens (tertiary/aromatic N) is 3. The lowest BCUT2D eigenvalue weighted by molar-refractivity contribution is -0.148. The molecule has 3 heterocycles. The summed E-state index contributed by atoms with van der Waals surface area (Å²) < 4.78 is -0.775. The first-order valence-corrected chi connectivity index (χ1v) is 15.5. The summed E-state index contributed by atoms with van der Waals surface area (Å²) in [5.74, 6) is -1.79. The van der Waals surface area contributed by atoms with Crippen LogP contribution in [0.3, 0.4) is 0 Å². The summed E-state index contributed by atoms with van der Waals surface area (Å²) in [4.78, 5) is 49.0. The zero-order chi connectivity index (χ0) is 30.2. The van der Waals surface area contributed by atoms with Crippen LogP contribution in [-0.4, -0.2) is 73.9 Å². The smallest absolute Gasteiger partial charge is 0.247 e. The van der Waals surface area contributed by atoms with E-state index in [4.69, 9.17) is 0 Å². The Balaban J connectivity index is 1.63. The second-order valence-corrected chi connectivity index (χ2v) is 14.0. The van der Waals surface area contributed by atoms with E-state index in [1.807, 2.05) is 81.4 Å². The first kappa shape index (κ1) is 30.1. The third-order valence-electron chi connectivity index (χ3n) is 8.98. The summed E-state index contributed by atoms with van der Waals surface area (Å²) in [6.45, 7) is 14.0. The number of likely N-dealkylation sites (tertiary alicyclic amines) is 1. The van der Waals surface area contributed by atoms with Gasteiger partial charge in [0.15, 0.2) is 0 Å². The van der Waals surface area contributed by atoms with Crippen LogP contribution in [0.2, 0.25) is 0 Å². The molecular weight excluding hydrogens is 546 g/mol. The van der Waals surface area contributed by atoms with Gasteiger partial charge in [-0.3, -0.25) is 14.4 Å². The number of benzene rings is 2. The Kier molecular flexibility index (Phi) is 8.41. The molecule has 3 aliphatic heterocycles. The maximum Gasteiger partial charge on any atom is 0.247 e. The summed E-state index contributed by atoms with van der Waals surface area (Å²) >= 11 is 1.64. The lowest BCUT2D eigenvalue weighted by Crippen LogP contribution is -2.59. The molecule has 8 heteroatoms. The van der Waals surface area contributed by atoms with E-state index in [2.05, 4.69) is 13.2 Å². The van der Waals surface area contributed by atoms with Crippen molar-refractivity contribution in [3.05, 3.63) is 91.5 Å². The third kappa shape index (κ3) is 4.88. The SMILES string of the molecule is C=CCN(C(=O)[C@@H]1[C@H]2C(=O)N([C@H](CO)c3ccccc3)C(C(=O)N(CC=C)C(C)(C)C)C23CC[C@H]1S3)c1ccccc1. The number of thioether (sulfide) groups is 1. The lowest BCUT2D eigenvalue weighted by atomic mass is 9.70. The van der Waals surface area contributed by atoms with Gasteiger partial charge in [0.05, 0.1) is 29.2 Å². The molecular formula is C34H41N3O4S. The van der Waals surface area contributed by atoms with Gasteiger partial charge in [0.1, 0.15) is 6.04 Å². The summed E-state index contributed by atoms with van der Waals surface area (Å²) in [7, 11) is 0. The molecule has 42 heavy (non-hydrogen) atoms. The summed E-state index contributed by atoms with van der Waals surface area (Å²) in [6.07, 6.45) is 4.80. The fourth-order valence-electron chi connectivity index (χ4n) is 7.23. The number of anilines is 1. The van der Waals surface area contributed by atoms with Crippen LogP contribution in [0.1, 0.15) is 45.2 Å². The predicted molar refractivity (Wildman–Crippen MR) is 168 cm³/mol. The van der Waals surface area contributed by atoms with Gasteiger partial charge in [0.25, 0.3) is 0 Å². The Labute approximate surface area is 253 Å². The zero-order valence-corrected chi connectivity index (χ0v) is 25.5. The Bertz CT molecular complexity index is 1340. The Hall–Kier alpha value is -3.36. The summed E-state index contributed by atoms with van der Waals surface area (Å²) in [6, 6.07) is 17.3. The minimum atomic E-state index is -0.830. The van der Waals surface area contributed by atoms with Crippen molar-refractivity contribution in [1.82, 2.24) is 9.80 Å². The topological polar surface area (TPSA) is 81.2 Å². The zero-order valence-electron chi connectivity index (χ0n) is 24.7. The van der Waals surface area contributed by atoms with Crippen molar-refractivity contribution in [2.24, 2.45) is 11.8 Å². The molecule has 0 saturated carbocycles. The normalized spacial score (nSPS) is 27.0. The molecule has 3 fully saturated rings. The van der Waals surface area contributed by atoms with E-state index < -0.39 is 34.2 Å². The Morgan fingerprint density at radius 3 is 2.24 bits per heavy atom. The van der Waals surface area contributed by atoms with E-state index >= 15 is 0 Å². The molecule has 1 spiro atoms. The molecule has 0 aromatic heterocycles. The quantitative estimate of drug-likeness (QED) is 0.403. The third-order valence-corrected chi connectivity index (χ3v) is 10.9. The molecule has 3 saturated heterocycles. The van der Waals surface area contributed by atoms with E-state index in [1.165, 1.54) is 0 Å². The van der Waals surface area contributed by atoms with E-state index in [1.54, 1.807) is 38.6 Å². The highest BCUT2D eigenvalue weighted by Crippen LogP contribution is 2.67. The Morgan fingerprint density at radius 2 is 1.67 bits per heavy atom. The monoisotopic (exact) mass is 587 g/mol. The minimum Gasteiger partial charge on any atom is -0.394 e. The number of hydrogen-bond donors (Lipinski definition) is 1. The van der Waals surface area contributed by atoms with Crippen molar-refractivity contribution in [2.75, 3.05) is 24.6 Å². The molecule has 7 nitrogen and oxygen atoms in total. The molecule has 5 rings (SSSR count). The van der Waals surface area contributed by atoms with Gasteiger partial charge in [0.2, 0.25) is 17.7 Å². The van der Waals surface area contributed by atoms with E-state index in [0.29, 0.717) is 19.5 Å². The molecule has 3 amide bonds. The maximum absolute atomic E-state index is 14.7. The van der Waals surface area contributed by atoms with Crippen molar-refractivity contribution >= 4 is 35.2 Å². The predicted octanol–water partition coefficient (Wildman–Crippen LogP) is 4.84. The van der Waals surface area contributed by atoms with E-state index in [-0.39, 0.29) is 29.6 Å². The first-order valence-electron chi connectivity index (χ1n) is 14.7. The van der Waals surface area contributed by atoms with Crippen LogP contribution >= 0.6 is 11.8 Å². The average molecular weight is 588 g/mol. The molecule has 2 unspecified atom stereocenters. The van der Waals surface area contributed by atoms with Crippen molar-refractivity contribution in [3.63, 3.8) is 0 Å². The van der Waals surface area contributed by atoms with Gasteiger partial charge in [0, 0.05) is 29.6 Å². The van der Waals surface area contributed by atoms with Gasteiger partial charge in [-0.2, -0.15) is 0 Å². The van der Waals surface area contributed by atoms with Crippen molar-refractivity contribution in [2.45, 2.75) is 61.2 Å². The van der Waals surface area contributed by atoms with Crippen LogP contribution in [-0.2, 0) is 14.4 Å². The van der Waals surface area contributed by atoms with Crippen LogP contribution in [0, 0.1) is 11.8 Å². The lowest BCUT2D eigenvalue weighted by Gasteiger charge is -2.43. The van der Waals surface area contributed by atoms with Crippen molar-refractivity contribution in [1.29, 1.82) is 0 Å². The number of aliphatic hydroxyl groups is 1. The van der Waals surface area contributed by atoms with Gasteiger partial charge in [-0.25, -0.2) is 0 Å². The molecule has 0 aliphatic carbocycles. The molecule has 0 radical (unpaired) electrons. The summed E-state index contributed by atoms with van der Waals surface area (Å²) in [5, 5.41) is 10.7. The van der Waals surface area contributed by atoms with Gasteiger partial charge in [-0.05, 0) is 51.3 Å². The number of hydrogen-bond acceptors (Lipinski definition) is 5. The number of para-hydroxylation sites is 1. The van der Waals surface area contributed by atoms with Crippen LogP contribution in [0.4, 0.5) is 5.69 Å².